The molecule has 1 fully saturated rings. The van der Waals surface area contributed by atoms with Crippen LogP contribution in [0.4, 0.5) is 9.93 Å². The van der Waals surface area contributed by atoms with Crippen LogP contribution in [0, 0.1) is 5.41 Å². The highest BCUT2D eigenvalue weighted by Gasteiger charge is 2.40. The third-order valence-corrected chi connectivity index (χ3v) is 4.46. The van der Waals surface area contributed by atoms with Gasteiger partial charge in [0.2, 0.25) is 5.13 Å². The number of anilines is 1. The van der Waals surface area contributed by atoms with Crippen molar-refractivity contribution in [2.45, 2.75) is 26.2 Å². The highest BCUT2D eigenvalue weighted by atomic mass is 32.1. The quantitative estimate of drug-likeness (QED) is 0.750. The van der Waals surface area contributed by atoms with Crippen molar-refractivity contribution < 1.29 is 19.4 Å². The molecule has 3 N–H and O–H groups in total. The van der Waals surface area contributed by atoms with Gasteiger partial charge in [-0.05, 0) is 19.3 Å². The van der Waals surface area contributed by atoms with Crippen LogP contribution in [0.15, 0.2) is 0 Å². The maximum atomic E-state index is 11.8. The first-order chi connectivity index (χ1) is 10.1. The third-order valence-electron chi connectivity index (χ3n) is 3.48. The highest BCUT2D eigenvalue weighted by molar-refractivity contribution is 7.15. The highest BCUT2D eigenvalue weighted by Crippen LogP contribution is 2.30. The molecule has 0 aromatic carbocycles. The molecular formula is C12H18N4O4S. The molecule has 21 heavy (non-hydrogen) atoms. The minimum atomic E-state index is -0.953. The van der Waals surface area contributed by atoms with E-state index >= 15 is 0 Å². The van der Waals surface area contributed by atoms with Gasteiger partial charge in [-0.3, -0.25) is 10.1 Å². The van der Waals surface area contributed by atoms with Crippen LogP contribution in [0.2, 0.25) is 0 Å². The van der Waals surface area contributed by atoms with Crippen molar-refractivity contribution >= 4 is 28.5 Å². The molecule has 9 heteroatoms. The van der Waals surface area contributed by atoms with E-state index in [2.05, 4.69) is 20.8 Å². The summed E-state index contributed by atoms with van der Waals surface area (Å²) >= 11 is 1.30. The third kappa shape index (κ3) is 3.88. The molecule has 0 saturated carbocycles. The molecule has 0 aliphatic carbocycles. The molecule has 0 spiro atoms. The fraction of sp³-hybridized carbons (Fsp3) is 0.667. The maximum Gasteiger partial charge on any atom is 0.321 e. The van der Waals surface area contributed by atoms with E-state index in [0.29, 0.717) is 31.2 Å². The summed E-state index contributed by atoms with van der Waals surface area (Å²) in [6.07, 6.45) is 1.53. The molecular weight excluding hydrogens is 296 g/mol. The number of amides is 2. The van der Waals surface area contributed by atoms with E-state index in [0.717, 1.165) is 11.4 Å². The molecule has 8 nitrogen and oxygen atoms in total. The Balaban J connectivity index is 1.88. The fourth-order valence-corrected chi connectivity index (χ4v) is 2.74. The van der Waals surface area contributed by atoms with Gasteiger partial charge in [-0.15, -0.1) is 10.2 Å². The average Bonchev–Trinajstić information content (AvgIpc) is 2.93. The Morgan fingerprint density at radius 1 is 1.38 bits per heavy atom. The van der Waals surface area contributed by atoms with Gasteiger partial charge in [0, 0.05) is 19.8 Å². The van der Waals surface area contributed by atoms with Crippen molar-refractivity contribution in [2.24, 2.45) is 5.41 Å². The average molecular weight is 314 g/mol. The lowest BCUT2D eigenvalue weighted by molar-refractivity contribution is -0.154. The van der Waals surface area contributed by atoms with Gasteiger partial charge in [0.05, 0.1) is 5.41 Å². The second-order valence-corrected chi connectivity index (χ2v) is 5.92. The molecule has 0 radical (unpaired) electrons. The summed E-state index contributed by atoms with van der Waals surface area (Å²) < 4.78 is 5.18. The van der Waals surface area contributed by atoms with E-state index in [1.165, 1.54) is 11.3 Å². The maximum absolute atomic E-state index is 11.8. The number of carboxylic acids is 1. The summed E-state index contributed by atoms with van der Waals surface area (Å²) in [7, 11) is 0. The molecule has 1 aromatic heterocycles. The topological polar surface area (TPSA) is 113 Å². The first kappa shape index (κ1) is 15.6. The van der Waals surface area contributed by atoms with Crippen molar-refractivity contribution in [1.82, 2.24) is 15.5 Å². The van der Waals surface area contributed by atoms with Crippen LogP contribution < -0.4 is 10.6 Å². The molecule has 1 saturated heterocycles. The van der Waals surface area contributed by atoms with Gasteiger partial charge in [0.25, 0.3) is 0 Å². The minimum Gasteiger partial charge on any atom is -0.481 e. The standard InChI is InChI=1S/C12H18N4O4S/c1-2-8-15-16-11(21-8)14-10(19)13-7-12(9(17)18)3-5-20-6-4-12/h2-7H2,1H3,(H,17,18)(H2,13,14,16,19). The largest absolute Gasteiger partial charge is 0.481 e. The van der Waals surface area contributed by atoms with Gasteiger partial charge < -0.3 is 15.2 Å². The smallest absolute Gasteiger partial charge is 0.321 e. The predicted octanol–water partition coefficient (Wildman–Crippen LogP) is 1.10. The normalized spacial score (nSPS) is 17.2. The van der Waals surface area contributed by atoms with Crippen LogP contribution in [0.3, 0.4) is 0 Å². The zero-order chi connectivity index (χ0) is 15.3. The molecule has 1 aliphatic heterocycles. The zero-order valence-corrected chi connectivity index (χ0v) is 12.5. The van der Waals surface area contributed by atoms with Crippen molar-refractivity contribution in [3.05, 3.63) is 5.01 Å². The number of aromatic nitrogens is 2. The molecule has 1 aromatic rings. The molecule has 2 rings (SSSR count). The summed E-state index contributed by atoms with van der Waals surface area (Å²) in [6, 6.07) is -0.471. The van der Waals surface area contributed by atoms with Crippen molar-refractivity contribution in [1.29, 1.82) is 0 Å². The Labute approximate surface area is 125 Å². The Morgan fingerprint density at radius 2 is 2.10 bits per heavy atom. The lowest BCUT2D eigenvalue weighted by Gasteiger charge is -2.32. The number of aliphatic carboxylic acids is 1. The molecule has 1 aliphatic rings. The molecule has 0 unspecified atom stereocenters. The van der Waals surface area contributed by atoms with E-state index in [-0.39, 0.29) is 6.54 Å². The number of carbonyl (C=O) groups excluding carboxylic acids is 1. The van der Waals surface area contributed by atoms with Gasteiger partial charge in [0.15, 0.2) is 0 Å². The summed E-state index contributed by atoms with van der Waals surface area (Å²) in [4.78, 5) is 23.3. The minimum absolute atomic E-state index is 0.0664. The van der Waals surface area contributed by atoms with E-state index in [9.17, 15) is 14.7 Å². The molecule has 2 heterocycles. The number of ether oxygens (including phenoxy) is 1. The van der Waals surface area contributed by atoms with Crippen LogP contribution >= 0.6 is 11.3 Å². The van der Waals surface area contributed by atoms with Crippen molar-refractivity contribution in [2.75, 3.05) is 25.1 Å². The van der Waals surface area contributed by atoms with Crippen molar-refractivity contribution in [3.8, 4) is 0 Å². The summed E-state index contributed by atoms with van der Waals surface area (Å²) in [5.74, 6) is -0.907. The van der Waals surface area contributed by atoms with Gasteiger partial charge in [-0.2, -0.15) is 0 Å². The number of rotatable bonds is 5. The van der Waals surface area contributed by atoms with Gasteiger partial charge in [-0.1, -0.05) is 18.3 Å². The SMILES string of the molecule is CCc1nnc(NC(=O)NCC2(C(=O)O)CCOCC2)s1. The Morgan fingerprint density at radius 3 is 2.67 bits per heavy atom. The monoisotopic (exact) mass is 314 g/mol. The van der Waals surface area contributed by atoms with Crippen LogP contribution in [-0.2, 0) is 16.0 Å². The van der Waals surface area contributed by atoms with Gasteiger partial charge in [0.1, 0.15) is 5.01 Å². The molecule has 116 valence electrons. The van der Waals surface area contributed by atoms with E-state index in [1.54, 1.807) is 0 Å². The number of carboxylic acid groups (broad SMARTS) is 1. The van der Waals surface area contributed by atoms with Gasteiger partial charge >= 0.3 is 12.0 Å². The zero-order valence-electron chi connectivity index (χ0n) is 11.7. The number of aryl methyl sites for hydroxylation is 1. The lowest BCUT2D eigenvalue weighted by Crippen LogP contribution is -2.47. The summed E-state index contributed by atoms with van der Waals surface area (Å²) in [6.45, 7) is 2.81. The first-order valence-electron chi connectivity index (χ1n) is 6.74. The summed E-state index contributed by atoms with van der Waals surface area (Å²) in [5, 5.41) is 23.5. The van der Waals surface area contributed by atoms with E-state index in [1.807, 2.05) is 6.92 Å². The number of nitrogens with one attached hydrogen (secondary N) is 2. The Kier molecular flexibility index (Phi) is 5.07. The fourth-order valence-electron chi connectivity index (χ4n) is 2.07. The number of nitrogens with zero attached hydrogens (tertiary/aromatic N) is 2. The molecule has 0 bridgehead atoms. The Hall–Kier alpha value is -1.74. The predicted molar refractivity (Wildman–Crippen MR) is 76.4 cm³/mol. The second kappa shape index (κ2) is 6.81. The van der Waals surface area contributed by atoms with E-state index < -0.39 is 17.4 Å². The molecule has 2 amide bonds. The lowest BCUT2D eigenvalue weighted by atomic mass is 9.80. The van der Waals surface area contributed by atoms with E-state index in [4.69, 9.17) is 4.74 Å². The second-order valence-electron chi connectivity index (χ2n) is 4.86. The number of hydrogen-bond acceptors (Lipinski definition) is 6. The number of hydrogen-bond donors (Lipinski definition) is 3. The van der Waals surface area contributed by atoms with Gasteiger partial charge in [-0.25, -0.2) is 4.79 Å². The number of urea groups is 1. The van der Waals surface area contributed by atoms with Crippen LogP contribution in [0.25, 0.3) is 0 Å². The van der Waals surface area contributed by atoms with Crippen molar-refractivity contribution in [3.63, 3.8) is 0 Å². The molecule has 0 atom stereocenters. The van der Waals surface area contributed by atoms with Crippen LogP contribution in [-0.4, -0.2) is 47.1 Å². The first-order valence-corrected chi connectivity index (χ1v) is 7.56. The summed E-state index contributed by atoms with van der Waals surface area (Å²) in [5.41, 5.74) is -0.953. The van der Waals surface area contributed by atoms with Crippen LogP contribution in [0.1, 0.15) is 24.8 Å². The van der Waals surface area contributed by atoms with Crippen LogP contribution in [0.5, 0.6) is 0 Å². The Bertz CT molecular complexity index is 513. The number of carbonyl (C=O) groups is 2.